The van der Waals surface area contributed by atoms with Gasteiger partial charge in [-0.25, -0.2) is 9.97 Å². The third kappa shape index (κ3) is 2.39. The minimum atomic E-state index is 0.808. The average Bonchev–Trinajstić information content (AvgIpc) is 2.49. The van der Waals surface area contributed by atoms with Gasteiger partial charge in [-0.2, -0.15) is 0 Å². The molecule has 0 aliphatic carbocycles. The van der Waals surface area contributed by atoms with E-state index in [1.807, 2.05) is 20.2 Å². The van der Waals surface area contributed by atoms with E-state index in [2.05, 4.69) is 44.5 Å². The largest absolute Gasteiger partial charge is 0.316 e. The maximum absolute atomic E-state index is 4.69. The molecule has 0 saturated heterocycles. The standard InChI is InChI=1S/C16H20N4/c1-12-14(10-17-2)11-18-16(19-12)20-9-5-7-13-6-3-4-8-15(13)20/h3-4,6,8,11,17H,5,7,9-10H2,1-2H3. The van der Waals surface area contributed by atoms with Gasteiger partial charge in [0.15, 0.2) is 0 Å². The summed E-state index contributed by atoms with van der Waals surface area (Å²) in [5.74, 6) is 0.814. The van der Waals surface area contributed by atoms with Crippen molar-refractivity contribution in [2.75, 3.05) is 18.5 Å². The van der Waals surface area contributed by atoms with Crippen LogP contribution in [0.15, 0.2) is 30.5 Å². The number of fused-ring (bicyclic) bond motifs is 1. The maximum Gasteiger partial charge on any atom is 0.230 e. The van der Waals surface area contributed by atoms with E-state index in [-0.39, 0.29) is 0 Å². The van der Waals surface area contributed by atoms with Crippen LogP contribution in [0, 0.1) is 6.92 Å². The molecule has 2 aromatic rings. The molecule has 0 amide bonds. The average molecular weight is 268 g/mol. The van der Waals surface area contributed by atoms with Crippen molar-refractivity contribution in [1.82, 2.24) is 15.3 Å². The van der Waals surface area contributed by atoms with E-state index < -0.39 is 0 Å². The van der Waals surface area contributed by atoms with Gasteiger partial charge in [0.2, 0.25) is 5.95 Å². The molecule has 1 aromatic carbocycles. The number of hydrogen-bond acceptors (Lipinski definition) is 4. The Morgan fingerprint density at radius 3 is 2.95 bits per heavy atom. The van der Waals surface area contributed by atoms with Crippen LogP contribution in [0.25, 0.3) is 0 Å². The number of aryl methyl sites for hydroxylation is 2. The molecule has 0 unspecified atom stereocenters. The van der Waals surface area contributed by atoms with Crippen LogP contribution < -0.4 is 10.2 Å². The van der Waals surface area contributed by atoms with Crippen molar-refractivity contribution >= 4 is 11.6 Å². The summed E-state index contributed by atoms with van der Waals surface area (Å²) in [4.78, 5) is 11.5. The second kappa shape index (κ2) is 5.59. The molecule has 2 heterocycles. The summed E-state index contributed by atoms with van der Waals surface area (Å²) in [5.41, 5.74) is 4.84. The van der Waals surface area contributed by atoms with E-state index in [1.165, 1.54) is 11.3 Å². The van der Waals surface area contributed by atoms with Gasteiger partial charge in [-0.05, 0) is 38.4 Å². The van der Waals surface area contributed by atoms with Crippen molar-refractivity contribution in [3.63, 3.8) is 0 Å². The molecule has 20 heavy (non-hydrogen) atoms. The van der Waals surface area contributed by atoms with Crippen LogP contribution in [0.1, 0.15) is 23.2 Å². The first-order valence-electron chi connectivity index (χ1n) is 7.12. The number of nitrogens with one attached hydrogen (secondary N) is 1. The fraction of sp³-hybridized carbons (Fsp3) is 0.375. The first-order chi connectivity index (χ1) is 9.79. The molecule has 104 valence electrons. The number of rotatable bonds is 3. The van der Waals surface area contributed by atoms with E-state index >= 15 is 0 Å². The van der Waals surface area contributed by atoms with Gasteiger partial charge in [-0.15, -0.1) is 0 Å². The van der Waals surface area contributed by atoms with Crippen molar-refractivity contribution in [2.24, 2.45) is 0 Å². The van der Waals surface area contributed by atoms with Crippen LogP contribution in [0.5, 0.6) is 0 Å². The predicted octanol–water partition coefficient (Wildman–Crippen LogP) is 2.59. The lowest BCUT2D eigenvalue weighted by Crippen LogP contribution is -2.26. The van der Waals surface area contributed by atoms with E-state index in [0.717, 1.165) is 43.1 Å². The normalized spacial score (nSPS) is 14.2. The molecular formula is C16H20N4. The molecule has 0 spiro atoms. The van der Waals surface area contributed by atoms with Crippen LogP contribution in [0.3, 0.4) is 0 Å². The van der Waals surface area contributed by atoms with Crippen LogP contribution in [0.4, 0.5) is 11.6 Å². The van der Waals surface area contributed by atoms with Gasteiger partial charge in [-0.1, -0.05) is 18.2 Å². The Bertz CT molecular complexity index is 609. The monoisotopic (exact) mass is 268 g/mol. The molecule has 1 N–H and O–H groups in total. The summed E-state index contributed by atoms with van der Waals surface area (Å²) >= 11 is 0. The maximum atomic E-state index is 4.69. The second-order valence-electron chi connectivity index (χ2n) is 5.19. The summed E-state index contributed by atoms with van der Waals surface area (Å²) in [6.45, 7) is 3.85. The molecule has 0 bridgehead atoms. The zero-order chi connectivity index (χ0) is 13.9. The Morgan fingerprint density at radius 1 is 1.30 bits per heavy atom. The number of aromatic nitrogens is 2. The molecule has 0 saturated carbocycles. The molecule has 4 heteroatoms. The summed E-state index contributed by atoms with van der Waals surface area (Å²) in [5, 5.41) is 3.15. The minimum Gasteiger partial charge on any atom is -0.316 e. The molecule has 1 aromatic heterocycles. The van der Waals surface area contributed by atoms with Crippen molar-refractivity contribution < 1.29 is 0 Å². The Labute approximate surface area is 119 Å². The Hall–Kier alpha value is -1.94. The first kappa shape index (κ1) is 13.1. The highest BCUT2D eigenvalue weighted by atomic mass is 15.3. The molecule has 1 aliphatic rings. The SMILES string of the molecule is CNCc1cnc(N2CCCc3ccccc32)nc1C. The summed E-state index contributed by atoms with van der Waals surface area (Å²) < 4.78 is 0. The Balaban J connectivity index is 1.96. The third-order valence-corrected chi connectivity index (χ3v) is 3.79. The van der Waals surface area contributed by atoms with Crippen molar-refractivity contribution in [3.8, 4) is 0 Å². The van der Waals surface area contributed by atoms with Crippen LogP contribution in [-0.2, 0) is 13.0 Å². The van der Waals surface area contributed by atoms with E-state index in [4.69, 9.17) is 0 Å². The summed E-state index contributed by atoms with van der Waals surface area (Å²) in [6.07, 6.45) is 4.23. The van der Waals surface area contributed by atoms with Gasteiger partial charge in [0.1, 0.15) is 0 Å². The van der Waals surface area contributed by atoms with Gasteiger partial charge in [0.25, 0.3) is 0 Å². The lowest BCUT2D eigenvalue weighted by Gasteiger charge is -2.29. The zero-order valence-electron chi connectivity index (χ0n) is 12.1. The van der Waals surface area contributed by atoms with Gasteiger partial charge < -0.3 is 10.2 Å². The molecule has 1 aliphatic heterocycles. The zero-order valence-corrected chi connectivity index (χ0v) is 12.1. The molecule has 0 radical (unpaired) electrons. The fourth-order valence-corrected chi connectivity index (χ4v) is 2.72. The Morgan fingerprint density at radius 2 is 2.15 bits per heavy atom. The highest BCUT2D eigenvalue weighted by Gasteiger charge is 2.20. The van der Waals surface area contributed by atoms with Crippen LogP contribution in [-0.4, -0.2) is 23.6 Å². The number of hydrogen-bond donors (Lipinski definition) is 1. The van der Waals surface area contributed by atoms with Gasteiger partial charge >= 0.3 is 0 Å². The smallest absolute Gasteiger partial charge is 0.230 e. The predicted molar refractivity (Wildman–Crippen MR) is 81.3 cm³/mol. The Kier molecular flexibility index (Phi) is 3.65. The fourth-order valence-electron chi connectivity index (χ4n) is 2.72. The van der Waals surface area contributed by atoms with Gasteiger partial charge in [0.05, 0.1) is 0 Å². The van der Waals surface area contributed by atoms with Gasteiger partial charge in [-0.3, -0.25) is 0 Å². The summed E-state index contributed by atoms with van der Waals surface area (Å²) in [7, 11) is 1.94. The van der Waals surface area contributed by atoms with Crippen molar-refractivity contribution in [2.45, 2.75) is 26.3 Å². The minimum absolute atomic E-state index is 0.808. The van der Waals surface area contributed by atoms with Gasteiger partial charge in [0, 0.05) is 36.2 Å². The highest BCUT2D eigenvalue weighted by molar-refractivity contribution is 5.63. The number of benzene rings is 1. The quantitative estimate of drug-likeness (QED) is 0.929. The number of anilines is 2. The van der Waals surface area contributed by atoms with E-state index in [1.54, 1.807) is 0 Å². The highest BCUT2D eigenvalue weighted by Crippen LogP contribution is 2.31. The lowest BCUT2D eigenvalue weighted by atomic mass is 10.0. The summed E-state index contributed by atoms with van der Waals surface area (Å²) in [6, 6.07) is 8.54. The molecular weight excluding hydrogens is 248 g/mol. The molecule has 3 rings (SSSR count). The molecule has 0 fully saturated rings. The number of para-hydroxylation sites is 1. The van der Waals surface area contributed by atoms with Crippen molar-refractivity contribution in [3.05, 3.63) is 47.3 Å². The van der Waals surface area contributed by atoms with E-state index in [0.29, 0.717) is 0 Å². The lowest BCUT2D eigenvalue weighted by molar-refractivity contribution is 0.741. The first-order valence-corrected chi connectivity index (χ1v) is 7.12. The van der Waals surface area contributed by atoms with Crippen LogP contribution >= 0.6 is 0 Å². The molecule has 0 atom stereocenters. The third-order valence-electron chi connectivity index (χ3n) is 3.79. The van der Waals surface area contributed by atoms with Crippen LogP contribution in [0.2, 0.25) is 0 Å². The number of nitrogens with zero attached hydrogens (tertiary/aromatic N) is 3. The second-order valence-corrected chi connectivity index (χ2v) is 5.19. The molecule has 4 nitrogen and oxygen atoms in total. The van der Waals surface area contributed by atoms with Crippen molar-refractivity contribution in [1.29, 1.82) is 0 Å². The van der Waals surface area contributed by atoms with E-state index in [9.17, 15) is 0 Å². The topological polar surface area (TPSA) is 41.1 Å².